The molecular weight excluding hydrogens is 144 g/mol. The molecule has 0 N–H and O–H groups in total. The first kappa shape index (κ1) is 7.73. The molecule has 0 amide bonds. The standard InChI is InChI=1S/C8H12OS/c1-6-4-7(10)5-8(2,3)9-6/h4H,5H2,1-3H3. The maximum Gasteiger partial charge on any atom is 0.108 e. The summed E-state index contributed by atoms with van der Waals surface area (Å²) in [6.45, 7) is 6.04. The van der Waals surface area contributed by atoms with E-state index < -0.39 is 0 Å². The van der Waals surface area contributed by atoms with Gasteiger partial charge in [0, 0.05) is 11.3 Å². The fourth-order valence-corrected chi connectivity index (χ4v) is 1.71. The van der Waals surface area contributed by atoms with Crippen molar-refractivity contribution < 1.29 is 4.74 Å². The highest BCUT2D eigenvalue weighted by Crippen LogP contribution is 2.24. The molecule has 56 valence electrons. The second kappa shape index (κ2) is 2.35. The third kappa shape index (κ3) is 1.81. The van der Waals surface area contributed by atoms with E-state index in [2.05, 4.69) is 13.8 Å². The second-order valence-electron chi connectivity index (χ2n) is 3.26. The first-order chi connectivity index (χ1) is 4.49. The van der Waals surface area contributed by atoms with Crippen molar-refractivity contribution in [2.75, 3.05) is 0 Å². The van der Waals surface area contributed by atoms with E-state index in [0.29, 0.717) is 0 Å². The Morgan fingerprint density at radius 3 is 2.60 bits per heavy atom. The van der Waals surface area contributed by atoms with Crippen LogP contribution in [0.2, 0.25) is 0 Å². The van der Waals surface area contributed by atoms with Crippen molar-refractivity contribution in [1.82, 2.24) is 0 Å². The molecule has 1 aliphatic heterocycles. The zero-order valence-corrected chi connectivity index (χ0v) is 7.42. The maximum absolute atomic E-state index is 5.52. The van der Waals surface area contributed by atoms with Gasteiger partial charge in [-0.1, -0.05) is 12.2 Å². The van der Waals surface area contributed by atoms with Crippen LogP contribution in [0.5, 0.6) is 0 Å². The number of ether oxygens (including phenoxy) is 1. The Kier molecular flexibility index (Phi) is 1.82. The second-order valence-corrected chi connectivity index (χ2v) is 3.78. The van der Waals surface area contributed by atoms with Crippen LogP contribution in [0.4, 0.5) is 0 Å². The average Bonchev–Trinajstić information content (AvgIpc) is 1.54. The molecular formula is C8H12OS. The van der Waals surface area contributed by atoms with Gasteiger partial charge in [0.2, 0.25) is 0 Å². The number of allylic oxidation sites excluding steroid dienone is 2. The predicted molar refractivity (Wildman–Crippen MR) is 46.1 cm³/mol. The Labute approximate surface area is 67.1 Å². The highest BCUT2D eigenvalue weighted by molar-refractivity contribution is 7.80. The molecule has 0 saturated carbocycles. The van der Waals surface area contributed by atoms with Crippen molar-refractivity contribution >= 4 is 17.1 Å². The molecule has 1 heterocycles. The summed E-state index contributed by atoms with van der Waals surface area (Å²) >= 11 is 5.08. The van der Waals surface area contributed by atoms with Crippen LogP contribution in [-0.2, 0) is 4.74 Å². The van der Waals surface area contributed by atoms with E-state index in [-0.39, 0.29) is 5.60 Å². The molecule has 0 radical (unpaired) electrons. The van der Waals surface area contributed by atoms with Crippen LogP contribution in [0, 0.1) is 0 Å². The average molecular weight is 156 g/mol. The van der Waals surface area contributed by atoms with E-state index >= 15 is 0 Å². The Balaban J connectivity index is 2.80. The minimum Gasteiger partial charge on any atom is -0.492 e. The van der Waals surface area contributed by atoms with Gasteiger partial charge in [0.1, 0.15) is 5.60 Å². The van der Waals surface area contributed by atoms with Gasteiger partial charge in [0.05, 0.1) is 5.76 Å². The van der Waals surface area contributed by atoms with Gasteiger partial charge in [-0.15, -0.1) is 0 Å². The fourth-order valence-electron chi connectivity index (χ4n) is 1.20. The molecule has 0 aromatic rings. The Hall–Kier alpha value is -0.370. The predicted octanol–water partition coefficient (Wildman–Crippen LogP) is 2.46. The van der Waals surface area contributed by atoms with E-state index in [4.69, 9.17) is 17.0 Å². The summed E-state index contributed by atoms with van der Waals surface area (Å²) in [6, 6.07) is 0. The van der Waals surface area contributed by atoms with Crippen LogP contribution in [0.3, 0.4) is 0 Å². The molecule has 1 rings (SSSR count). The van der Waals surface area contributed by atoms with E-state index in [1.165, 1.54) is 0 Å². The minimum absolute atomic E-state index is 0.0874. The van der Waals surface area contributed by atoms with Crippen molar-refractivity contribution in [3.63, 3.8) is 0 Å². The van der Waals surface area contributed by atoms with E-state index in [1.807, 2.05) is 13.0 Å². The van der Waals surface area contributed by atoms with Crippen LogP contribution in [0.15, 0.2) is 11.8 Å². The number of thiocarbonyl (C=S) groups is 1. The lowest BCUT2D eigenvalue weighted by Gasteiger charge is -2.30. The highest BCUT2D eigenvalue weighted by atomic mass is 32.1. The summed E-state index contributed by atoms with van der Waals surface area (Å²) < 4.78 is 5.52. The van der Waals surface area contributed by atoms with Crippen molar-refractivity contribution in [2.45, 2.75) is 32.8 Å². The summed E-state index contributed by atoms with van der Waals surface area (Å²) in [6.07, 6.45) is 2.78. The van der Waals surface area contributed by atoms with Gasteiger partial charge >= 0.3 is 0 Å². The lowest BCUT2D eigenvalue weighted by atomic mass is 10.00. The lowest BCUT2D eigenvalue weighted by molar-refractivity contribution is 0.0387. The first-order valence-electron chi connectivity index (χ1n) is 3.40. The third-order valence-electron chi connectivity index (χ3n) is 1.40. The van der Waals surface area contributed by atoms with E-state index in [9.17, 15) is 0 Å². The summed E-state index contributed by atoms with van der Waals surface area (Å²) in [4.78, 5) is 0.994. The van der Waals surface area contributed by atoms with Crippen molar-refractivity contribution in [1.29, 1.82) is 0 Å². The maximum atomic E-state index is 5.52. The van der Waals surface area contributed by atoms with Gasteiger partial charge in [-0.05, 0) is 26.8 Å². The molecule has 0 fully saturated rings. The number of hydrogen-bond donors (Lipinski definition) is 0. The van der Waals surface area contributed by atoms with Crippen LogP contribution in [0.25, 0.3) is 0 Å². The van der Waals surface area contributed by atoms with Crippen molar-refractivity contribution in [2.24, 2.45) is 0 Å². The molecule has 1 nitrogen and oxygen atoms in total. The molecule has 1 aliphatic rings. The molecule has 0 aromatic carbocycles. The highest BCUT2D eigenvalue weighted by Gasteiger charge is 2.24. The third-order valence-corrected chi connectivity index (χ3v) is 1.66. The summed E-state index contributed by atoms with van der Waals surface area (Å²) in [7, 11) is 0. The van der Waals surface area contributed by atoms with Crippen molar-refractivity contribution in [3.8, 4) is 0 Å². The van der Waals surface area contributed by atoms with Gasteiger partial charge in [-0.2, -0.15) is 0 Å². The molecule has 0 unspecified atom stereocenters. The number of rotatable bonds is 0. The van der Waals surface area contributed by atoms with Crippen molar-refractivity contribution in [3.05, 3.63) is 11.8 Å². The molecule has 0 spiro atoms. The molecule has 0 aromatic heterocycles. The summed E-state index contributed by atoms with van der Waals surface area (Å²) in [5.41, 5.74) is -0.0874. The first-order valence-corrected chi connectivity index (χ1v) is 3.81. The van der Waals surface area contributed by atoms with E-state index in [1.54, 1.807) is 0 Å². The van der Waals surface area contributed by atoms with Gasteiger partial charge in [-0.25, -0.2) is 0 Å². The fraction of sp³-hybridized carbons (Fsp3) is 0.625. The molecule has 0 aliphatic carbocycles. The molecule has 0 saturated heterocycles. The smallest absolute Gasteiger partial charge is 0.108 e. The van der Waals surface area contributed by atoms with Gasteiger partial charge in [0.25, 0.3) is 0 Å². The normalized spacial score (nSPS) is 23.5. The van der Waals surface area contributed by atoms with Gasteiger partial charge in [-0.3, -0.25) is 0 Å². The van der Waals surface area contributed by atoms with Crippen LogP contribution in [-0.4, -0.2) is 10.5 Å². The topological polar surface area (TPSA) is 9.23 Å². The summed E-state index contributed by atoms with van der Waals surface area (Å²) in [5, 5.41) is 0. The quantitative estimate of drug-likeness (QED) is 0.498. The van der Waals surface area contributed by atoms with Crippen LogP contribution in [0.1, 0.15) is 27.2 Å². The largest absolute Gasteiger partial charge is 0.492 e. The molecule has 2 heteroatoms. The minimum atomic E-state index is -0.0874. The summed E-state index contributed by atoms with van der Waals surface area (Å²) in [5.74, 6) is 0.932. The monoisotopic (exact) mass is 156 g/mol. The Morgan fingerprint density at radius 1 is 1.60 bits per heavy atom. The Morgan fingerprint density at radius 2 is 2.20 bits per heavy atom. The van der Waals surface area contributed by atoms with Gasteiger partial charge < -0.3 is 4.74 Å². The Bertz CT molecular complexity index is 191. The van der Waals surface area contributed by atoms with E-state index in [0.717, 1.165) is 17.0 Å². The molecule has 0 atom stereocenters. The van der Waals surface area contributed by atoms with Crippen LogP contribution >= 0.6 is 12.2 Å². The zero-order valence-electron chi connectivity index (χ0n) is 6.60. The number of hydrogen-bond acceptors (Lipinski definition) is 2. The van der Waals surface area contributed by atoms with Gasteiger partial charge in [0.15, 0.2) is 0 Å². The lowest BCUT2D eigenvalue weighted by Crippen LogP contribution is -2.29. The van der Waals surface area contributed by atoms with Crippen LogP contribution < -0.4 is 0 Å². The molecule has 0 bridgehead atoms. The molecule has 10 heavy (non-hydrogen) atoms. The zero-order chi connectivity index (χ0) is 7.78. The SMILES string of the molecule is CC1=CC(=S)CC(C)(C)O1.